The van der Waals surface area contributed by atoms with Gasteiger partial charge in [0.1, 0.15) is 49.2 Å². The van der Waals surface area contributed by atoms with Gasteiger partial charge in [-0.15, -0.1) is 0 Å². The number of fused-ring (bicyclic) bond motifs is 4. The van der Waals surface area contributed by atoms with Crippen LogP contribution in [0, 0.1) is 5.92 Å². The number of halogens is 2. The second kappa shape index (κ2) is 17.9. The SMILES string of the molecule is CC1CC(=O)N(CCC(=O)N(C)CCOC(=O)Nc2ncnc3c2ncn3[C@@H]2O[C@@H]3COP(O)(=S)O[C@H]4[C@@H](F)[C@H](n5cnc6c(N)ncnc65)O[C@@H]4COP(O)(=S)O[C@H]3[C@H]2F)C1=O. The predicted molar refractivity (Wildman–Crippen MR) is 215 cm³/mol. The second-order valence-electron chi connectivity index (χ2n) is 14.6. The van der Waals surface area contributed by atoms with E-state index in [-0.39, 0.29) is 84.2 Å². The highest BCUT2D eigenvalue weighted by Gasteiger charge is 2.54. The number of nitrogens with two attached hydrogens (primary N) is 1. The number of likely N-dealkylation sites (N-methyl/N-ethyl adjacent to an activating group) is 1. The minimum Gasteiger partial charge on any atom is -0.447 e. The molecule has 8 rings (SSSR count). The topological polar surface area (TPSA) is 305 Å². The van der Waals surface area contributed by atoms with E-state index in [1.165, 1.54) is 22.8 Å². The van der Waals surface area contributed by atoms with Crippen molar-refractivity contribution in [2.24, 2.45) is 5.92 Å². The number of nitrogens with zero attached hydrogens (tertiary/aromatic N) is 10. The summed E-state index contributed by atoms with van der Waals surface area (Å²) >= 11 is 10.4. The van der Waals surface area contributed by atoms with E-state index in [0.29, 0.717) is 0 Å². The minimum atomic E-state index is -4.38. The number of imidazole rings is 2. The summed E-state index contributed by atoms with van der Waals surface area (Å²) < 4.78 is 74.4. The Hall–Kier alpha value is -4.38. The molecular formula is C32H38F2N12O13P2S2. The van der Waals surface area contributed by atoms with Gasteiger partial charge in [0.05, 0.1) is 32.4 Å². The van der Waals surface area contributed by atoms with E-state index in [0.717, 1.165) is 28.4 Å². The van der Waals surface area contributed by atoms with Gasteiger partial charge in [0.2, 0.25) is 17.7 Å². The number of rotatable bonds is 9. The normalized spacial score (nSPS) is 32.6. The van der Waals surface area contributed by atoms with Gasteiger partial charge >= 0.3 is 19.5 Å². The molecule has 0 spiro atoms. The van der Waals surface area contributed by atoms with Crippen LogP contribution in [0.4, 0.5) is 25.2 Å². The smallest absolute Gasteiger partial charge is 0.412 e. The summed E-state index contributed by atoms with van der Waals surface area (Å²) in [6, 6.07) is 0. The van der Waals surface area contributed by atoms with Crippen molar-refractivity contribution in [3.63, 3.8) is 0 Å². The monoisotopic (exact) mass is 962 g/mol. The summed E-state index contributed by atoms with van der Waals surface area (Å²) in [7, 11) is 1.47. The number of alkyl halides is 2. The van der Waals surface area contributed by atoms with Crippen LogP contribution in [0.25, 0.3) is 22.3 Å². The molecule has 4 aromatic heterocycles. The largest absolute Gasteiger partial charge is 0.447 e. The molecule has 0 radical (unpaired) electrons. The molecule has 0 saturated carbocycles. The Morgan fingerprint density at radius 2 is 1.48 bits per heavy atom. The molecule has 4 amide bonds. The average molecular weight is 963 g/mol. The maximum absolute atomic E-state index is 16.5. The highest BCUT2D eigenvalue weighted by Crippen LogP contribution is 2.54. The van der Waals surface area contributed by atoms with E-state index in [9.17, 15) is 29.0 Å². The summed E-state index contributed by atoms with van der Waals surface area (Å²) in [4.78, 5) is 98.5. The van der Waals surface area contributed by atoms with Crippen LogP contribution < -0.4 is 11.1 Å². The van der Waals surface area contributed by atoms with Gasteiger partial charge in [-0.05, 0) is 23.6 Å². The lowest BCUT2D eigenvalue weighted by molar-refractivity contribution is -0.140. The zero-order valence-corrected chi connectivity index (χ0v) is 36.3. The molecular weight excluding hydrogens is 925 g/mol. The van der Waals surface area contributed by atoms with Gasteiger partial charge < -0.3 is 43.7 Å². The third kappa shape index (κ3) is 9.28. The van der Waals surface area contributed by atoms with E-state index < -0.39 is 87.9 Å². The number of nitrogens with one attached hydrogen (secondary N) is 1. The Kier molecular flexibility index (Phi) is 12.8. The highest BCUT2D eigenvalue weighted by molar-refractivity contribution is 8.07. The fourth-order valence-corrected chi connectivity index (χ4v) is 10.1. The number of hydrogen-bond donors (Lipinski definition) is 4. The first kappa shape index (κ1) is 45.2. The Balaban J connectivity index is 0.909. The summed E-state index contributed by atoms with van der Waals surface area (Å²) in [5.74, 6) is -1.58. The molecule has 0 aromatic carbocycles. The molecule has 4 aromatic rings. The number of amides is 4. The molecule has 63 heavy (non-hydrogen) atoms. The number of anilines is 2. The first-order chi connectivity index (χ1) is 29.9. The fraction of sp³-hybridized carbons (Fsp3) is 0.562. The van der Waals surface area contributed by atoms with Gasteiger partial charge in [-0.2, -0.15) is 0 Å². The fourth-order valence-electron chi connectivity index (χ4n) is 7.26. The van der Waals surface area contributed by atoms with Crippen molar-refractivity contribution in [3.8, 4) is 0 Å². The maximum Gasteiger partial charge on any atom is 0.412 e. The molecule has 31 heteroatoms. The lowest BCUT2D eigenvalue weighted by Gasteiger charge is -2.29. The molecule has 11 atom stereocenters. The van der Waals surface area contributed by atoms with Crippen LogP contribution in [0.3, 0.4) is 0 Å². The summed E-state index contributed by atoms with van der Waals surface area (Å²) in [6.45, 7) is -8.80. The van der Waals surface area contributed by atoms with Gasteiger partial charge in [-0.25, -0.2) is 43.5 Å². The number of hydrogen-bond acceptors (Lipinski definition) is 20. The summed E-state index contributed by atoms with van der Waals surface area (Å²) in [5.41, 5.74) is 6.10. The van der Waals surface area contributed by atoms with Gasteiger partial charge in [0, 0.05) is 32.4 Å². The van der Waals surface area contributed by atoms with Crippen molar-refractivity contribution >= 4 is 94.8 Å². The van der Waals surface area contributed by atoms with Gasteiger partial charge in [-0.3, -0.25) is 42.8 Å². The lowest BCUT2D eigenvalue weighted by Crippen LogP contribution is -2.37. The molecule has 8 heterocycles. The predicted octanol–water partition coefficient (Wildman–Crippen LogP) is 0.762. The molecule has 4 fully saturated rings. The Morgan fingerprint density at radius 1 is 0.921 bits per heavy atom. The van der Waals surface area contributed by atoms with E-state index in [4.69, 9.17) is 61.7 Å². The third-order valence-electron chi connectivity index (χ3n) is 10.5. The Labute approximate surface area is 364 Å². The number of nitrogen functional groups attached to an aromatic ring is 1. The van der Waals surface area contributed by atoms with Crippen molar-refractivity contribution < 1.29 is 70.1 Å². The van der Waals surface area contributed by atoms with Crippen LogP contribution >= 0.6 is 13.4 Å². The van der Waals surface area contributed by atoms with Crippen LogP contribution in [-0.4, -0.2) is 159 Å². The number of aromatic nitrogens is 8. The molecule has 5 N–H and O–H groups in total. The molecule has 25 nitrogen and oxygen atoms in total. The van der Waals surface area contributed by atoms with Crippen LogP contribution in [0.5, 0.6) is 0 Å². The van der Waals surface area contributed by atoms with Crippen molar-refractivity contribution in [2.45, 2.75) is 69.0 Å². The van der Waals surface area contributed by atoms with Crippen molar-refractivity contribution in [3.05, 3.63) is 25.3 Å². The first-order valence-electron chi connectivity index (χ1n) is 18.9. The van der Waals surface area contributed by atoms with E-state index in [1.807, 2.05) is 0 Å². The summed E-state index contributed by atoms with van der Waals surface area (Å²) in [6.07, 6.45) is -9.90. The quantitative estimate of drug-likeness (QED) is 0.133. The molecule has 4 aliphatic heterocycles. The van der Waals surface area contributed by atoms with E-state index >= 15 is 8.78 Å². The molecule has 3 unspecified atom stereocenters. The Morgan fingerprint density at radius 3 is 2.05 bits per heavy atom. The van der Waals surface area contributed by atoms with E-state index in [1.54, 1.807) is 6.92 Å². The minimum absolute atomic E-state index is 0.0186. The van der Waals surface area contributed by atoms with Gasteiger partial charge in [0.25, 0.3) is 0 Å². The van der Waals surface area contributed by atoms with E-state index in [2.05, 4.69) is 35.2 Å². The first-order valence-corrected chi connectivity index (χ1v) is 24.1. The average Bonchev–Trinajstić information content (AvgIpc) is 4.04. The number of likely N-dealkylation sites (tertiary alicyclic amines) is 1. The highest BCUT2D eigenvalue weighted by atomic mass is 32.5. The molecule has 0 bridgehead atoms. The van der Waals surface area contributed by atoms with Gasteiger partial charge in [-0.1, -0.05) is 6.92 Å². The van der Waals surface area contributed by atoms with Crippen LogP contribution in [0.15, 0.2) is 25.3 Å². The maximum atomic E-state index is 16.5. The Bertz CT molecular complexity index is 2550. The van der Waals surface area contributed by atoms with Crippen molar-refractivity contribution in [1.82, 2.24) is 48.8 Å². The molecule has 4 saturated heterocycles. The zero-order valence-electron chi connectivity index (χ0n) is 32.9. The molecule has 4 aliphatic rings. The zero-order chi connectivity index (χ0) is 45.0. The second-order valence-corrected chi connectivity index (χ2v) is 20.2. The number of carbonyl (C=O) groups excluding carboxylic acids is 4. The standard InChI is InChI=1S/C32H38F2N12O13P2S2/c1-14-7-18(48)44(29(14)49)4-3-17(47)43(2)5-6-53-32(50)42-26-22-28(39-11-37-26)46(13-41-22)31-20(34)24-16(57-31)9-55-60(51,62)58-23-15(8-54-61(52,63)59-24)56-30(19(23)33)45-12-40-21-25(35)36-10-38-27(21)45/h10-16,19-20,23-24,30-31H,3-9H2,1-2H3,(H,51,62)(H,52,63)(H2,35,36,38)(H,37,39,42,50)/t14?,15-,16-,19-,20-,23-,24-,30-,31-,60?,61?/m1/s1. The van der Waals surface area contributed by atoms with Gasteiger partial charge in [0.15, 0.2) is 53.2 Å². The van der Waals surface area contributed by atoms with Crippen molar-refractivity contribution in [1.29, 1.82) is 0 Å². The number of carbonyl (C=O) groups is 4. The van der Waals surface area contributed by atoms with Crippen LogP contribution in [0.2, 0.25) is 0 Å². The van der Waals surface area contributed by atoms with Crippen LogP contribution in [-0.2, 0) is 70.3 Å². The molecule has 0 aliphatic carbocycles. The molecule has 340 valence electrons. The van der Waals surface area contributed by atoms with Crippen LogP contribution in [0.1, 0.15) is 32.2 Å². The third-order valence-corrected chi connectivity index (χ3v) is 13.6. The summed E-state index contributed by atoms with van der Waals surface area (Å²) in [5, 5.41) is 2.42. The van der Waals surface area contributed by atoms with Crippen molar-refractivity contribution in [2.75, 3.05) is 51.0 Å². The number of ether oxygens (including phenoxy) is 3. The number of imide groups is 1. The lowest BCUT2D eigenvalue weighted by atomic mass is 10.1.